The predicted molar refractivity (Wildman–Crippen MR) is 194 cm³/mol. The number of aliphatic carboxylic acids is 1. The molecule has 0 spiro atoms. The van der Waals surface area contributed by atoms with Gasteiger partial charge in [-0.25, -0.2) is 9.18 Å². The van der Waals surface area contributed by atoms with Gasteiger partial charge in [0.15, 0.2) is 5.78 Å². The number of carboxylic acids is 1. The molecule has 0 radical (unpaired) electrons. The van der Waals surface area contributed by atoms with E-state index in [9.17, 15) is 28.8 Å². The third-order valence-corrected chi connectivity index (χ3v) is 10.9. The van der Waals surface area contributed by atoms with E-state index in [2.05, 4.69) is 20.9 Å². The molecule has 2 fully saturated rings. The summed E-state index contributed by atoms with van der Waals surface area (Å²) in [6.07, 6.45) is 4.96. The molecule has 0 bridgehead atoms. The van der Waals surface area contributed by atoms with Crippen LogP contribution < -0.4 is 16.0 Å². The first-order valence-corrected chi connectivity index (χ1v) is 18.8. The highest BCUT2D eigenvalue weighted by molar-refractivity contribution is 7.14. The van der Waals surface area contributed by atoms with Gasteiger partial charge in [-0.05, 0) is 62.1 Å². The van der Waals surface area contributed by atoms with Crippen molar-refractivity contribution < 1.29 is 43.0 Å². The lowest BCUT2D eigenvalue weighted by Crippen LogP contribution is -2.55. The number of ether oxygens (including phenoxy) is 1. The fraction of sp³-hybridized carbons (Fsp3) is 0.568. The molecule has 52 heavy (non-hydrogen) atoms. The molecule has 1 saturated heterocycles. The van der Waals surface area contributed by atoms with E-state index in [1.165, 1.54) is 23.5 Å². The molecule has 4 N–H and O–H groups in total. The van der Waals surface area contributed by atoms with Crippen molar-refractivity contribution in [3.63, 3.8) is 0 Å². The Labute approximate surface area is 307 Å². The second-order valence-corrected chi connectivity index (χ2v) is 14.8. The summed E-state index contributed by atoms with van der Waals surface area (Å²) in [6.45, 7) is 5.09. The quantitative estimate of drug-likeness (QED) is 0.189. The van der Waals surface area contributed by atoms with Crippen molar-refractivity contribution in [1.29, 1.82) is 0 Å². The number of carbonyl (C=O) groups is 6. The van der Waals surface area contributed by atoms with Crippen LogP contribution >= 0.6 is 11.3 Å². The lowest BCUT2D eigenvalue weighted by Gasteiger charge is -2.36. The first kappa shape index (κ1) is 40.6. The number of hydrogen-bond acceptors (Lipinski definition) is 9. The lowest BCUT2D eigenvalue weighted by atomic mass is 9.83. The van der Waals surface area contributed by atoms with Crippen LogP contribution in [0.4, 0.5) is 10.1 Å². The van der Waals surface area contributed by atoms with Gasteiger partial charge in [-0.1, -0.05) is 39.2 Å². The number of carboxylic acid groups (broad SMARTS) is 1. The number of piperazine rings is 1. The summed E-state index contributed by atoms with van der Waals surface area (Å²) in [4.78, 5) is 80.7. The number of aryl methyl sites for hydroxylation is 1. The SMILES string of the molecule is CCC(=O)N[C@@H](C(=O)N1CCN(C)CC1)[C@@H](C)c1ccc(NC(=O)[C@@H](NC(=O)c2ccc(CCC(=O)COCC(=O)O)s2)C2CCCCC2)c(F)c1. The molecule has 1 aliphatic carbocycles. The van der Waals surface area contributed by atoms with E-state index < -0.39 is 48.2 Å². The van der Waals surface area contributed by atoms with E-state index in [4.69, 9.17) is 9.84 Å². The lowest BCUT2D eigenvalue weighted by molar-refractivity contribution is -0.143. The maximum atomic E-state index is 15.7. The molecule has 3 atom stereocenters. The van der Waals surface area contributed by atoms with Gasteiger partial charge in [-0.3, -0.25) is 24.0 Å². The van der Waals surface area contributed by atoms with Crippen LogP contribution in [-0.2, 0) is 35.1 Å². The number of halogens is 1. The molecule has 2 heterocycles. The third-order valence-electron chi connectivity index (χ3n) is 9.71. The summed E-state index contributed by atoms with van der Waals surface area (Å²) in [5.74, 6) is -4.32. The number of thiophene rings is 1. The van der Waals surface area contributed by atoms with E-state index in [1.54, 1.807) is 36.9 Å². The molecule has 4 amide bonds. The number of carbonyl (C=O) groups excluding carboxylic acids is 5. The highest BCUT2D eigenvalue weighted by Gasteiger charge is 2.34. The molecule has 1 saturated carbocycles. The molecule has 1 aliphatic heterocycles. The fourth-order valence-electron chi connectivity index (χ4n) is 6.52. The van der Waals surface area contributed by atoms with Crippen LogP contribution in [0.2, 0.25) is 0 Å². The minimum atomic E-state index is -1.16. The van der Waals surface area contributed by atoms with Crippen LogP contribution in [0, 0.1) is 11.7 Å². The maximum absolute atomic E-state index is 15.7. The predicted octanol–water partition coefficient (Wildman–Crippen LogP) is 3.58. The van der Waals surface area contributed by atoms with Crippen molar-refractivity contribution in [2.45, 2.75) is 83.2 Å². The summed E-state index contributed by atoms with van der Waals surface area (Å²) in [5, 5.41) is 17.0. The largest absolute Gasteiger partial charge is 0.480 e. The average Bonchev–Trinajstić information content (AvgIpc) is 3.62. The van der Waals surface area contributed by atoms with Crippen molar-refractivity contribution in [3.8, 4) is 0 Å². The molecule has 0 unspecified atom stereocenters. The molecule has 13 nitrogen and oxygen atoms in total. The minimum Gasteiger partial charge on any atom is -0.480 e. The molecule has 4 rings (SSSR count). The number of rotatable bonds is 17. The van der Waals surface area contributed by atoms with Crippen molar-refractivity contribution in [2.75, 3.05) is 51.8 Å². The van der Waals surface area contributed by atoms with Crippen LogP contribution in [0.3, 0.4) is 0 Å². The Balaban J connectivity index is 1.43. The van der Waals surface area contributed by atoms with Gasteiger partial charge in [0.1, 0.15) is 31.1 Å². The van der Waals surface area contributed by atoms with Gasteiger partial charge in [-0.2, -0.15) is 0 Å². The maximum Gasteiger partial charge on any atom is 0.329 e. The summed E-state index contributed by atoms with van der Waals surface area (Å²) in [5.41, 5.74) is 0.422. The van der Waals surface area contributed by atoms with E-state index in [0.29, 0.717) is 43.0 Å². The Morgan fingerprint density at radius 2 is 1.69 bits per heavy atom. The first-order chi connectivity index (χ1) is 24.9. The van der Waals surface area contributed by atoms with Crippen molar-refractivity contribution in [1.82, 2.24) is 20.4 Å². The Hall–Kier alpha value is -4.21. The van der Waals surface area contributed by atoms with Gasteiger partial charge in [-0.15, -0.1) is 11.3 Å². The van der Waals surface area contributed by atoms with Crippen molar-refractivity contribution in [2.24, 2.45) is 5.92 Å². The van der Waals surface area contributed by atoms with Crippen LogP contribution in [0.25, 0.3) is 0 Å². The number of nitrogens with one attached hydrogen (secondary N) is 3. The fourth-order valence-corrected chi connectivity index (χ4v) is 7.43. The zero-order chi connectivity index (χ0) is 37.8. The van der Waals surface area contributed by atoms with Crippen LogP contribution in [-0.4, -0.2) is 109 Å². The zero-order valence-corrected chi connectivity index (χ0v) is 30.9. The summed E-state index contributed by atoms with van der Waals surface area (Å²) in [6, 6.07) is 5.90. The standard InChI is InChI=1S/C37H50FN5O8S/c1-4-31(45)40-33(37(50)43-18-16-42(3)17-19-43)23(2)25-10-14-29(28(38)20-25)39-36(49)34(24-8-6-5-7-9-24)41-35(48)30-15-13-27(52-30)12-11-26(44)21-51-22-32(46)47/h10,13-15,20,23-24,33-34H,4-9,11-12,16-19,21-22H2,1-3H3,(H,39,49)(H,40,45)(H,41,48)(H,46,47)/t23-,33+,34-/m0/s1. The minimum absolute atomic E-state index is 0.0639. The van der Waals surface area contributed by atoms with Gasteiger partial charge >= 0.3 is 5.97 Å². The molecule has 15 heteroatoms. The number of benzene rings is 1. The molecular weight excluding hydrogens is 693 g/mol. The highest BCUT2D eigenvalue weighted by Crippen LogP contribution is 2.30. The summed E-state index contributed by atoms with van der Waals surface area (Å²) < 4.78 is 20.5. The molecule has 284 valence electrons. The Morgan fingerprint density at radius 1 is 0.981 bits per heavy atom. The molecule has 2 aromatic rings. The van der Waals surface area contributed by atoms with E-state index in [1.807, 2.05) is 7.05 Å². The van der Waals surface area contributed by atoms with E-state index >= 15 is 4.39 Å². The number of amides is 4. The van der Waals surface area contributed by atoms with E-state index in [0.717, 1.165) is 37.0 Å². The van der Waals surface area contributed by atoms with E-state index in [-0.39, 0.29) is 48.7 Å². The Morgan fingerprint density at radius 3 is 2.35 bits per heavy atom. The van der Waals surface area contributed by atoms with Crippen LogP contribution in [0.1, 0.15) is 84.8 Å². The van der Waals surface area contributed by atoms with Gasteiger partial charge in [0.2, 0.25) is 17.7 Å². The third kappa shape index (κ3) is 11.7. The monoisotopic (exact) mass is 743 g/mol. The van der Waals surface area contributed by atoms with Gasteiger partial charge in [0.05, 0.1) is 10.6 Å². The van der Waals surface area contributed by atoms with Crippen LogP contribution in [0.5, 0.6) is 0 Å². The normalized spacial score (nSPS) is 17.1. The highest BCUT2D eigenvalue weighted by atomic mass is 32.1. The van der Waals surface area contributed by atoms with Crippen molar-refractivity contribution in [3.05, 3.63) is 51.5 Å². The second-order valence-electron chi connectivity index (χ2n) is 13.6. The van der Waals surface area contributed by atoms with Crippen LogP contribution in [0.15, 0.2) is 30.3 Å². The number of nitrogens with zero attached hydrogens (tertiary/aromatic N) is 2. The van der Waals surface area contributed by atoms with Crippen molar-refractivity contribution >= 4 is 52.4 Å². The second kappa shape index (κ2) is 19.6. The first-order valence-electron chi connectivity index (χ1n) is 17.9. The molecule has 2 aliphatic rings. The molecule has 1 aromatic heterocycles. The molecule has 1 aromatic carbocycles. The number of Topliss-reactive ketones (excluding diaryl/α,β-unsaturated/α-hetero) is 1. The summed E-state index contributed by atoms with van der Waals surface area (Å²) in [7, 11) is 1.98. The topological polar surface area (TPSA) is 174 Å². The van der Waals surface area contributed by atoms with Gasteiger partial charge in [0.25, 0.3) is 5.91 Å². The van der Waals surface area contributed by atoms with Gasteiger partial charge in [0, 0.05) is 49.8 Å². The summed E-state index contributed by atoms with van der Waals surface area (Å²) >= 11 is 1.19. The number of likely N-dealkylation sites (N-methyl/N-ethyl adjacent to an activating group) is 1. The number of hydrogen-bond donors (Lipinski definition) is 4. The number of ketones is 1. The number of anilines is 1. The van der Waals surface area contributed by atoms with Gasteiger partial charge < -0.3 is 35.6 Å². The average molecular weight is 744 g/mol. The zero-order valence-electron chi connectivity index (χ0n) is 30.1. The molecular formula is C37H50FN5O8S. The Kier molecular flexibility index (Phi) is 15.3. The Bertz CT molecular complexity index is 1590. The smallest absolute Gasteiger partial charge is 0.329 e.